The van der Waals surface area contributed by atoms with E-state index in [0.717, 1.165) is 12.8 Å². The molecule has 0 aromatic heterocycles. The Morgan fingerprint density at radius 1 is 1.04 bits per heavy atom. The predicted octanol–water partition coefficient (Wildman–Crippen LogP) is 3.66. The van der Waals surface area contributed by atoms with Gasteiger partial charge in [0.15, 0.2) is 0 Å². The Bertz CT molecular complexity index is 829. The van der Waals surface area contributed by atoms with Crippen molar-refractivity contribution in [1.29, 1.82) is 0 Å². The van der Waals surface area contributed by atoms with Gasteiger partial charge in [-0.25, -0.2) is 0 Å². The molecule has 0 N–H and O–H groups in total. The lowest BCUT2D eigenvalue weighted by Gasteiger charge is -2.49. The number of carbonyl (C=O) groups is 1. The largest absolute Gasteiger partial charge is 0.496 e. The van der Waals surface area contributed by atoms with Crippen LogP contribution in [0, 0.1) is 5.92 Å². The SMILES string of the molecule is O=C1[C@H]2C=CO[C@@H]2[C@@H]2c3ccccc3CC[C@H]2N1Cc1ccccc1. The Balaban J connectivity index is 1.56. The monoisotopic (exact) mass is 331 g/mol. The molecule has 3 nitrogen and oxygen atoms in total. The third-order valence-electron chi connectivity index (χ3n) is 5.93. The summed E-state index contributed by atoms with van der Waals surface area (Å²) in [4.78, 5) is 15.3. The predicted molar refractivity (Wildman–Crippen MR) is 95.8 cm³/mol. The highest BCUT2D eigenvalue weighted by Gasteiger charge is 2.52. The lowest BCUT2D eigenvalue weighted by Crippen LogP contribution is -2.57. The van der Waals surface area contributed by atoms with E-state index in [4.69, 9.17) is 4.74 Å². The highest BCUT2D eigenvalue weighted by Crippen LogP contribution is 2.46. The van der Waals surface area contributed by atoms with Crippen LogP contribution in [0.5, 0.6) is 0 Å². The quantitative estimate of drug-likeness (QED) is 0.840. The number of benzene rings is 2. The third kappa shape index (κ3) is 2.30. The van der Waals surface area contributed by atoms with Gasteiger partial charge in [0.05, 0.1) is 12.2 Å². The molecule has 0 spiro atoms. The van der Waals surface area contributed by atoms with Crippen LogP contribution in [0.1, 0.15) is 29.0 Å². The minimum absolute atomic E-state index is 0.0500. The Hall–Kier alpha value is -2.55. The maximum Gasteiger partial charge on any atom is 0.233 e. The molecule has 126 valence electrons. The first kappa shape index (κ1) is 14.8. The van der Waals surface area contributed by atoms with Crippen LogP contribution in [0.4, 0.5) is 0 Å². The molecule has 3 heteroatoms. The van der Waals surface area contributed by atoms with Crippen molar-refractivity contribution in [3.8, 4) is 0 Å². The molecule has 1 aliphatic carbocycles. The van der Waals surface area contributed by atoms with E-state index in [1.807, 2.05) is 24.3 Å². The molecule has 2 aromatic rings. The fourth-order valence-electron chi connectivity index (χ4n) is 4.80. The van der Waals surface area contributed by atoms with Crippen LogP contribution in [0.3, 0.4) is 0 Å². The normalized spacial score (nSPS) is 29.6. The van der Waals surface area contributed by atoms with Crippen LogP contribution in [0.15, 0.2) is 66.9 Å². The summed E-state index contributed by atoms with van der Waals surface area (Å²) in [6.07, 6.45) is 5.66. The van der Waals surface area contributed by atoms with Gasteiger partial charge in [-0.2, -0.15) is 0 Å². The van der Waals surface area contributed by atoms with Crippen LogP contribution in [-0.4, -0.2) is 23.0 Å². The van der Waals surface area contributed by atoms with Crippen LogP contribution < -0.4 is 0 Å². The van der Waals surface area contributed by atoms with Crippen LogP contribution in [-0.2, 0) is 22.5 Å². The highest BCUT2D eigenvalue weighted by molar-refractivity contribution is 5.83. The maximum atomic E-state index is 13.2. The second kappa shape index (κ2) is 5.76. The molecule has 0 unspecified atom stereocenters. The number of hydrogen-bond donors (Lipinski definition) is 0. The van der Waals surface area contributed by atoms with E-state index in [-0.39, 0.29) is 29.9 Å². The Kier molecular flexibility index (Phi) is 3.40. The number of fused-ring (bicyclic) bond motifs is 5. The average molecular weight is 331 g/mol. The van der Waals surface area contributed by atoms with Crippen LogP contribution >= 0.6 is 0 Å². The van der Waals surface area contributed by atoms with E-state index >= 15 is 0 Å². The van der Waals surface area contributed by atoms with E-state index in [2.05, 4.69) is 41.3 Å². The van der Waals surface area contributed by atoms with Gasteiger partial charge in [-0.3, -0.25) is 4.79 Å². The van der Waals surface area contributed by atoms with Crippen molar-refractivity contribution in [2.45, 2.75) is 37.5 Å². The van der Waals surface area contributed by atoms with E-state index in [1.54, 1.807) is 6.26 Å². The number of amides is 1. The molecule has 0 bridgehead atoms. The van der Waals surface area contributed by atoms with Gasteiger partial charge >= 0.3 is 0 Å². The van der Waals surface area contributed by atoms with Gasteiger partial charge < -0.3 is 9.64 Å². The van der Waals surface area contributed by atoms with E-state index in [1.165, 1.54) is 16.7 Å². The van der Waals surface area contributed by atoms with Gasteiger partial charge in [0.25, 0.3) is 0 Å². The van der Waals surface area contributed by atoms with Gasteiger partial charge in [-0.15, -0.1) is 0 Å². The molecule has 2 aliphatic heterocycles. The number of rotatable bonds is 2. The summed E-state index contributed by atoms with van der Waals surface area (Å²) in [5.74, 6) is 0.311. The molecule has 4 atom stereocenters. The summed E-state index contributed by atoms with van der Waals surface area (Å²) in [5.41, 5.74) is 3.96. The summed E-state index contributed by atoms with van der Waals surface area (Å²) in [6.45, 7) is 0.681. The smallest absolute Gasteiger partial charge is 0.233 e. The molecule has 3 aliphatic rings. The summed E-state index contributed by atoms with van der Waals surface area (Å²) in [5, 5.41) is 0. The Morgan fingerprint density at radius 2 is 1.84 bits per heavy atom. The van der Waals surface area contributed by atoms with Crippen molar-refractivity contribution in [3.05, 3.63) is 83.6 Å². The average Bonchev–Trinajstić information content (AvgIpc) is 3.15. The summed E-state index contributed by atoms with van der Waals surface area (Å²) >= 11 is 0. The molecule has 0 saturated carbocycles. The first-order valence-electron chi connectivity index (χ1n) is 9.07. The minimum Gasteiger partial charge on any atom is -0.496 e. The number of ether oxygens (including phenoxy) is 1. The standard InChI is InChI=1S/C22H21NO2/c24-22-18-12-13-25-21(18)20-17-9-5-4-8-16(17)10-11-19(20)23(22)14-15-6-2-1-3-7-15/h1-9,12-13,18-21H,10-11,14H2/t18-,19+,20+,21-/m0/s1. The number of likely N-dealkylation sites (tertiary alicyclic amines) is 1. The number of carbonyl (C=O) groups excluding carboxylic acids is 1. The molecule has 1 amide bonds. The number of aryl methyl sites for hydroxylation is 1. The van der Waals surface area contributed by atoms with E-state index < -0.39 is 0 Å². The molecule has 25 heavy (non-hydrogen) atoms. The van der Waals surface area contributed by atoms with Crippen molar-refractivity contribution in [3.63, 3.8) is 0 Å². The zero-order valence-corrected chi connectivity index (χ0v) is 14.0. The van der Waals surface area contributed by atoms with Gasteiger partial charge in [-0.05, 0) is 35.6 Å². The fraction of sp³-hybridized carbons (Fsp3) is 0.318. The summed E-state index contributed by atoms with van der Waals surface area (Å²) < 4.78 is 5.92. The van der Waals surface area contributed by atoms with Crippen molar-refractivity contribution in [2.24, 2.45) is 5.92 Å². The molecule has 2 aromatic carbocycles. The highest BCUT2D eigenvalue weighted by atomic mass is 16.5. The molecule has 1 saturated heterocycles. The van der Waals surface area contributed by atoms with Gasteiger partial charge in [0, 0.05) is 18.5 Å². The zero-order chi connectivity index (χ0) is 16.8. The first-order valence-corrected chi connectivity index (χ1v) is 9.07. The van der Waals surface area contributed by atoms with Crippen LogP contribution in [0.2, 0.25) is 0 Å². The second-order valence-corrected chi connectivity index (χ2v) is 7.24. The topological polar surface area (TPSA) is 29.5 Å². The molecule has 1 fully saturated rings. The van der Waals surface area contributed by atoms with E-state index in [0.29, 0.717) is 6.54 Å². The van der Waals surface area contributed by atoms with E-state index in [9.17, 15) is 4.79 Å². The molecule has 2 heterocycles. The maximum absolute atomic E-state index is 13.2. The lowest BCUT2D eigenvalue weighted by atomic mass is 9.70. The van der Waals surface area contributed by atoms with Crippen molar-refractivity contribution in [1.82, 2.24) is 4.90 Å². The fourth-order valence-corrected chi connectivity index (χ4v) is 4.80. The zero-order valence-electron chi connectivity index (χ0n) is 14.0. The molecule has 0 radical (unpaired) electrons. The van der Waals surface area contributed by atoms with Crippen molar-refractivity contribution >= 4 is 5.91 Å². The Labute approximate surface area is 147 Å². The van der Waals surface area contributed by atoms with Crippen LogP contribution in [0.25, 0.3) is 0 Å². The van der Waals surface area contributed by atoms with Crippen molar-refractivity contribution < 1.29 is 9.53 Å². The van der Waals surface area contributed by atoms with Gasteiger partial charge in [0.2, 0.25) is 5.91 Å². The number of hydrogen-bond acceptors (Lipinski definition) is 2. The number of nitrogens with zero attached hydrogens (tertiary/aromatic N) is 1. The lowest BCUT2D eigenvalue weighted by molar-refractivity contribution is -0.148. The molecular formula is C22H21NO2. The van der Waals surface area contributed by atoms with Gasteiger partial charge in [0.1, 0.15) is 6.10 Å². The molecular weight excluding hydrogens is 310 g/mol. The Morgan fingerprint density at radius 3 is 2.72 bits per heavy atom. The minimum atomic E-state index is -0.156. The van der Waals surface area contributed by atoms with Gasteiger partial charge in [-0.1, -0.05) is 54.6 Å². The van der Waals surface area contributed by atoms with Crippen molar-refractivity contribution in [2.75, 3.05) is 0 Å². The first-order chi connectivity index (χ1) is 12.3. The summed E-state index contributed by atoms with van der Waals surface area (Å²) in [6, 6.07) is 19.2. The second-order valence-electron chi connectivity index (χ2n) is 7.24. The number of piperidine rings is 1. The summed E-state index contributed by atoms with van der Waals surface area (Å²) in [7, 11) is 0. The molecule has 5 rings (SSSR count). The third-order valence-corrected chi connectivity index (χ3v) is 5.93.